The number of hydrogen-bond donors (Lipinski definition) is 2. The number of hydrogen-bond acceptors (Lipinski definition) is 8. The fourth-order valence-corrected chi connectivity index (χ4v) is 5.73. The summed E-state index contributed by atoms with van der Waals surface area (Å²) in [6.45, 7) is 7.37. The number of imide groups is 1. The number of fused-ring (bicyclic) bond motifs is 1. The van der Waals surface area contributed by atoms with Gasteiger partial charge in [0.2, 0.25) is 5.91 Å². The molecule has 0 spiro atoms. The largest absolute Gasteiger partial charge is 0.487 e. The van der Waals surface area contributed by atoms with E-state index in [-0.39, 0.29) is 50.1 Å². The Hall–Kier alpha value is -2.83. The van der Waals surface area contributed by atoms with E-state index in [0.29, 0.717) is 30.9 Å². The van der Waals surface area contributed by atoms with Crippen LogP contribution in [0.5, 0.6) is 5.75 Å². The SMILES string of the molecule is CC(C)(C)OC(=O)N[C@@H]1CCNC[C@H]1Oc1ccc2c(c1)CN(C1CCC(=O)N(COCCS(C)(C)C)C1=O)C2=O. The monoisotopic (exact) mass is 592 g/mol. The number of alkyl carbamates (subject to hydrolysis) is 1. The van der Waals surface area contributed by atoms with Gasteiger partial charge in [0, 0.05) is 30.8 Å². The lowest BCUT2D eigenvalue weighted by Crippen LogP contribution is -2.55. The lowest BCUT2D eigenvalue weighted by molar-refractivity contribution is -0.158. The standard InChI is InChI=1S/C29H44N4O7S/c1-29(2,3)40-28(37)31-22-11-12-30-16-24(22)39-20-7-8-21-19(15-20)17-32(26(21)35)23-9-10-25(34)33(27(23)36)18-38-13-14-41(4,5)6/h7-8,15,22-24,30H,9-14,16-18H2,1-6H3,(H,31,37)/t22-,23?,24-/m1/s1. The molecule has 11 nitrogen and oxygen atoms in total. The molecule has 3 atom stereocenters. The van der Waals surface area contributed by atoms with E-state index in [1.54, 1.807) is 17.0 Å². The molecule has 4 rings (SSSR count). The second-order valence-electron chi connectivity index (χ2n) is 12.7. The number of ether oxygens (including phenoxy) is 3. The van der Waals surface area contributed by atoms with Crippen molar-refractivity contribution in [1.29, 1.82) is 0 Å². The molecule has 2 saturated heterocycles. The molecule has 0 aliphatic carbocycles. The van der Waals surface area contributed by atoms with Crippen molar-refractivity contribution < 1.29 is 33.4 Å². The van der Waals surface area contributed by atoms with Gasteiger partial charge in [-0.15, -0.1) is 0 Å². The summed E-state index contributed by atoms with van der Waals surface area (Å²) >= 11 is 0. The Labute approximate surface area is 243 Å². The van der Waals surface area contributed by atoms with E-state index in [1.165, 1.54) is 0 Å². The van der Waals surface area contributed by atoms with Crippen LogP contribution in [0, 0.1) is 0 Å². The molecule has 0 bridgehead atoms. The molecule has 12 heteroatoms. The van der Waals surface area contributed by atoms with E-state index in [0.717, 1.165) is 22.8 Å². The molecule has 3 aliphatic heterocycles. The molecule has 0 saturated carbocycles. The fraction of sp³-hybridized carbons (Fsp3) is 0.655. The molecule has 4 amide bonds. The third-order valence-corrected chi connectivity index (χ3v) is 8.64. The summed E-state index contributed by atoms with van der Waals surface area (Å²) in [5.74, 6) is 0.548. The molecule has 228 valence electrons. The molecule has 2 N–H and O–H groups in total. The van der Waals surface area contributed by atoms with Crippen molar-refractivity contribution >= 4 is 33.8 Å². The van der Waals surface area contributed by atoms with Gasteiger partial charge in [-0.2, -0.15) is 0 Å². The Bertz CT molecular complexity index is 1160. The highest BCUT2D eigenvalue weighted by Gasteiger charge is 2.43. The first-order valence-electron chi connectivity index (χ1n) is 14.1. The van der Waals surface area contributed by atoms with Crippen LogP contribution in [-0.4, -0.2) is 108 Å². The molecule has 3 heterocycles. The number of carbonyl (C=O) groups is 4. The molecule has 1 aromatic carbocycles. The van der Waals surface area contributed by atoms with Crippen LogP contribution in [0.2, 0.25) is 0 Å². The zero-order chi connectivity index (χ0) is 29.9. The Kier molecular flexibility index (Phi) is 9.55. The van der Waals surface area contributed by atoms with E-state index in [2.05, 4.69) is 29.4 Å². The van der Waals surface area contributed by atoms with Gasteiger partial charge in [-0.05, 0) is 82.7 Å². The van der Waals surface area contributed by atoms with Gasteiger partial charge in [0.1, 0.15) is 30.2 Å². The van der Waals surface area contributed by atoms with Crippen molar-refractivity contribution in [1.82, 2.24) is 20.4 Å². The first-order valence-corrected chi connectivity index (χ1v) is 17.1. The first kappa shape index (κ1) is 31.1. The number of rotatable bonds is 9. The van der Waals surface area contributed by atoms with Gasteiger partial charge in [0.05, 0.1) is 12.6 Å². The predicted octanol–water partition coefficient (Wildman–Crippen LogP) is 2.46. The molecule has 41 heavy (non-hydrogen) atoms. The second kappa shape index (κ2) is 12.6. The van der Waals surface area contributed by atoms with Crippen LogP contribution in [0.1, 0.15) is 56.0 Å². The first-order chi connectivity index (χ1) is 19.2. The summed E-state index contributed by atoms with van der Waals surface area (Å²) in [4.78, 5) is 54.2. The average molecular weight is 593 g/mol. The minimum Gasteiger partial charge on any atom is -0.487 e. The maximum absolute atomic E-state index is 13.3. The highest BCUT2D eigenvalue weighted by atomic mass is 32.3. The van der Waals surface area contributed by atoms with E-state index >= 15 is 0 Å². The van der Waals surface area contributed by atoms with Crippen molar-refractivity contribution in [2.75, 3.05) is 50.9 Å². The Morgan fingerprint density at radius 3 is 2.61 bits per heavy atom. The Balaban J connectivity index is 1.39. The smallest absolute Gasteiger partial charge is 0.408 e. The van der Waals surface area contributed by atoms with Crippen LogP contribution >= 0.6 is 10.0 Å². The van der Waals surface area contributed by atoms with Crippen LogP contribution in [0.3, 0.4) is 0 Å². The minimum atomic E-state index is -0.748. The van der Waals surface area contributed by atoms with Gasteiger partial charge in [-0.3, -0.25) is 19.3 Å². The molecular weight excluding hydrogens is 548 g/mol. The fourth-order valence-electron chi connectivity index (χ4n) is 5.11. The maximum atomic E-state index is 13.3. The third kappa shape index (κ3) is 8.14. The molecule has 3 aliphatic rings. The summed E-state index contributed by atoms with van der Waals surface area (Å²) in [6.07, 6.45) is 6.88. The molecule has 0 radical (unpaired) electrons. The zero-order valence-electron chi connectivity index (χ0n) is 25.0. The Morgan fingerprint density at radius 2 is 1.90 bits per heavy atom. The predicted molar refractivity (Wildman–Crippen MR) is 157 cm³/mol. The highest BCUT2D eigenvalue weighted by Crippen LogP contribution is 2.34. The zero-order valence-corrected chi connectivity index (χ0v) is 25.8. The van der Waals surface area contributed by atoms with Crippen molar-refractivity contribution in [3.63, 3.8) is 0 Å². The van der Waals surface area contributed by atoms with E-state index < -0.39 is 33.7 Å². The van der Waals surface area contributed by atoms with Gasteiger partial charge in [-0.25, -0.2) is 14.8 Å². The summed E-state index contributed by atoms with van der Waals surface area (Å²) in [7, 11) is -0.748. The molecule has 1 unspecified atom stereocenters. The van der Waals surface area contributed by atoms with Crippen LogP contribution in [-0.2, 0) is 25.6 Å². The number of piperidine rings is 2. The van der Waals surface area contributed by atoms with Crippen molar-refractivity contribution in [2.45, 2.75) is 70.4 Å². The van der Waals surface area contributed by atoms with Gasteiger partial charge >= 0.3 is 6.09 Å². The third-order valence-electron chi connectivity index (χ3n) is 7.25. The van der Waals surface area contributed by atoms with E-state index in [9.17, 15) is 19.2 Å². The summed E-state index contributed by atoms with van der Waals surface area (Å²) < 4.78 is 17.4. The van der Waals surface area contributed by atoms with Gasteiger partial charge in [0.25, 0.3) is 11.8 Å². The molecular formula is C29H44N4O7S. The van der Waals surface area contributed by atoms with Crippen LogP contribution in [0.4, 0.5) is 4.79 Å². The maximum Gasteiger partial charge on any atom is 0.408 e. The number of benzene rings is 1. The van der Waals surface area contributed by atoms with Crippen molar-refractivity contribution in [3.8, 4) is 5.75 Å². The molecule has 1 aromatic rings. The van der Waals surface area contributed by atoms with Gasteiger partial charge in [0.15, 0.2) is 0 Å². The summed E-state index contributed by atoms with van der Waals surface area (Å²) in [5, 5.41) is 6.22. The van der Waals surface area contributed by atoms with Crippen molar-refractivity contribution in [2.24, 2.45) is 0 Å². The number of nitrogens with zero attached hydrogens (tertiary/aromatic N) is 2. The summed E-state index contributed by atoms with van der Waals surface area (Å²) in [6, 6.07) is 4.31. The normalized spacial score (nSPS) is 23.9. The molecule has 2 fully saturated rings. The minimum absolute atomic E-state index is 0.0927. The van der Waals surface area contributed by atoms with Crippen LogP contribution in [0.15, 0.2) is 18.2 Å². The topological polar surface area (TPSA) is 127 Å². The quantitative estimate of drug-likeness (QED) is 0.331. The lowest BCUT2D eigenvalue weighted by atomic mass is 10.0. The average Bonchev–Trinajstić information content (AvgIpc) is 3.18. The van der Waals surface area contributed by atoms with Gasteiger partial charge in [-0.1, -0.05) is 0 Å². The Morgan fingerprint density at radius 1 is 1.15 bits per heavy atom. The number of amides is 4. The van der Waals surface area contributed by atoms with Crippen LogP contribution in [0.25, 0.3) is 0 Å². The lowest BCUT2D eigenvalue weighted by Gasteiger charge is -2.35. The molecule has 0 aromatic heterocycles. The number of likely N-dealkylation sites (tertiary alicyclic amines) is 1. The highest BCUT2D eigenvalue weighted by molar-refractivity contribution is 8.32. The number of carbonyl (C=O) groups excluding carboxylic acids is 4. The second-order valence-corrected chi connectivity index (χ2v) is 17.3. The van der Waals surface area contributed by atoms with E-state index in [1.807, 2.05) is 26.8 Å². The number of nitrogens with one attached hydrogen (secondary N) is 2. The van der Waals surface area contributed by atoms with Crippen LogP contribution < -0.4 is 15.4 Å². The summed E-state index contributed by atoms with van der Waals surface area (Å²) in [5.41, 5.74) is 0.674. The van der Waals surface area contributed by atoms with Crippen molar-refractivity contribution in [3.05, 3.63) is 29.3 Å². The van der Waals surface area contributed by atoms with Gasteiger partial charge < -0.3 is 29.7 Å². The van der Waals surface area contributed by atoms with E-state index in [4.69, 9.17) is 14.2 Å².